The maximum absolute atomic E-state index is 12.6. The van der Waals surface area contributed by atoms with Crippen molar-refractivity contribution in [3.63, 3.8) is 0 Å². The lowest BCUT2D eigenvalue weighted by atomic mass is 10.2. The molecule has 1 aliphatic rings. The van der Waals surface area contributed by atoms with Gasteiger partial charge in [0.25, 0.3) is 5.91 Å². The van der Waals surface area contributed by atoms with Gasteiger partial charge in [-0.25, -0.2) is 13.2 Å². The number of rotatable bonds is 8. The summed E-state index contributed by atoms with van der Waals surface area (Å²) in [4.78, 5) is 37.5. The number of esters is 1. The first-order valence-corrected chi connectivity index (χ1v) is 11.1. The molecule has 1 fully saturated rings. The third-order valence-corrected chi connectivity index (χ3v) is 6.22. The normalized spacial score (nSPS) is 17.7. The number of carbonyl (C=O) groups is 3. The number of amides is 2. The molecule has 1 heterocycles. The molecule has 0 aromatic heterocycles. The summed E-state index contributed by atoms with van der Waals surface area (Å²) in [5, 5.41) is 2.57. The molecule has 154 valence electrons. The number of anilines is 1. The molecule has 2 rings (SSSR count). The zero-order chi connectivity index (χ0) is 20.7. The number of ether oxygens (including phenoxy) is 1. The van der Waals surface area contributed by atoms with Gasteiger partial charge in [0.15, 0.2) is 16.4 Å². The molecule has 0 saturated carbocycles. The van der Waals surface area contributed by atoms with Crippen molar-refractivity contribution in [3.05, 3.63) is 29.8 Å². The van der Waals surface area contributed by atoms with E-state index in [9.17, 15) is 22.8 Å². The van der Waals surface area contributed by atoms with Gasteiger partial charge in [-0.15, -0.1) is 0 Å². The monoisotopic (exact) mass is 410 g/mol. The van der Waals surface area contributed by atoms with Crippen LogP contribution in [-0.2, 0) is 24.2 Å². The van der Waals surface area contributed by atoms with Crippen molar-refractivity contribution in [2.75, 3.05) is 30.0 Å². The number of nitrogens with one attached hydrogen (secondary N) is 1. The topological polar surface area (TPSA) is 110 Å². The summed E-state index contributed by atoms with van der Waals surface area (Å²) in [7, 11) is -3.12. The lowest BCUT2D eigenvalue weighted by Crippen LogP contribution is -2.43. The van der Waals surface area contributed by atoms with Crippen LogP contribution in [0, 0.1) is 0 Å². The third kappa shape index (κ3) is 6.33. The number of sulfone groups is 1. The molecule has 1 aliphatic heterocycles. The Hall–Kier alpha value is -2.42. The van der Waals surface area contributed by atoms with Crippen LogP contribution in [0.5, 0.6) is 0 Å². The van der Waals surface area contributed by atoms with Gasteiger partial charge >= 0.3 is 5.97 Å². The van der Waals surface area contributed by atoms with E-state index in [2.05, 4.69) is 5.32 Å². The van der Waals surface area contributed by atoms with Gasteiger partial charge < -0.3 is 15.0 Å². The van der Waals surface area contributed by atoms with Crippen LogP contribution in [0.15, 0.2) is 24.3 Å². The fourth-order valence-corrected chi connectivity index (χ4v) is 4.81. The molecule has 28 heavy (non-hydrogen) atoms. The first kappa shape index (κ1) is 21.9. The summed E-state index contributed by atoms with van der Waals surface area (Å²) in [5.74, 6) is -1.32. The minimum atomic E-state index is -3.12. The number of nitrogens with zero attached hydrogens (tertiary/aromatic N) is 1. The Balaban J connectivity index is 1.99. The van der Waals surface area contributed by atoms with Crippen LogP contribution >= 0.6 is 0 Å². The van der Waals surface area contributed by atoms with Crippen molar-refractivity contribution < 1.29 is 27.5 Å². The summed E-state index contributed by atoms with van der Waals surface area (Å²) in [6.07, 6.45) is 2.01. The lowest BCUT2D eigenvalue weighted by molar-refractivity contribution is -0.136. The van der Waals surface area contributed by atoms with Crippen LogP contribution in [0.4, 0.5) is 5.69 Å². The summed E-state index contributed by atoms with van der Waals surface area (Å²) in [5.41, 5.74) is 0.664. The molecule has 0 radical (unpaired) electrons. The molecule has 2 amide bonds. The molecular weight excluding hydrogens is 384 g/mol. The first-order valence-electron chi connectivity index (χ1n) is 9.26. The highest BCUT2D eigenvalue weighted by atomic mass is 32.2. The highest BCUT2D eigenvalue weighted by Gasteiger charge is 2.34. The zero-order valence-corrected chi connectivity index (χ0v) is 17.0. The van der Waals surface area contributed by atoms with E-state index < -0.39 is 28.3 Å². The van der Waals surface area contributed by atoms with Gasteiger partial charge in [-0.2, -0.15) is 0 Å². The van der Waals surface area contributed by atoms with Gasteiger partial charge in [-0.3, -0.25) is 9.59 Å². The largest absolute Gasteiger partial charge is 0.452 e. The van der Waals surface area contributed by atoms with Crippen LogP contribution in [0.25, 0.3) is 0 Å². The van der Waals surface area contributed by atoms with Gasteiger partial charge in [-0.05, 0) is 31.0 Å². The SMILES string of the molecule is CCCCN(C(=O)COC(=O)c1cccc(NC(C)=O)c1)[C@H]1CCS(=O)(=O)C1. The molecule has 1 saturated heterocycles. The van der Waals surface area contributed by atoms with Crippen molar-refractivity contribution in [2.45, 2.75) is 39.2 Å². The average Bonchev–Trinajstić information content (AvgIpc) is 2.99. The molecule has 0 bridgehead atoms. The van der Waals surface area contributed by atoms with Gasteiger partial charge in [0, 0.05) is 25.2 Å². The van der Waals surface area contributed by atoms with Gasteiger partial charge in [-0.1, -0.05) is 19.4 Å². The molecule has 1 atom stereocenters. The van der Waals surface area contributed by atoms with E-state index in [1.165, 1.54) is 24.0 Å². The smallest absolute Gasteiger partial charge is 0.338 e. The van der Waals surface area contributed by atoms with Crippen molar-refractivity contribution in [1.29, 1.82) is 0 Å². The van der Waals surface area contributed by atoms with Gasteiger partial charge in [0.2, 0.25) is 5.91 Å². The van der Waals surface area contributed by atoms with E-state index in [0.29, 0.717) is 18.7 Å². The molecule has 9 heteroatoms. The molecule has 8 nitrogen and oxygen atoms in total. The van der Waals surface area contributed by atoms with E-state index in [0.717, 1.165) is 12.8 Å². The highest BCUT2D eigenvalue weighted by molar-refractivity contribution is 7.91. The highest BCUT2D eigenvalue weighted by Crippen LogP contribution is 2.19. The van der Waals surface area contributed by atoms with Crippen LogP contribution in [0.3, 0.4) is 0 Å². The summed E-state index contributed by atoms with van der Waals surface area (Å²) >= 11 is 0. The molecule has 1 aromatic carbocycles. The predicted molar refractivity (Wildman–Crippen MR) is 105 cm³/mol. The number of carbonyl (C=O) groups excluding carboxylic acids is 3. The van der Waals surface area contributed by atoms with E-state index >= 15 is 0 Å². The predicted octanol–water partition coefficient (Wildman–Crippen LogP) is 1.62. The fourth-order valence-electron chi connectivity index (χ4n) is 3.08. The molecule has 0 unspecified atom stereocenters. The van der Waals surface area contributed by atoms with E-state index in [1.807, 2.05) is 6.92 Å². The second-order valence-electron chi connectivity index (χ2n) is 6.84. The molecular formula is C19H26N2O6S. The summed E-state index contributed by atoms with van der Waals surface area (Å²) in [6.45, 7) is 3.32. The van der Waals surface area contributed by atoms with E-state index in [4.69, 9.17) is 4.74 Å². The van der Waals surface area contributed by atoms with Crippen molar-refractivity contribution in [1.82, 2.24) is 4.90 Å². The second kappa shape index (κ2) is 9.68. The van der Waals surface area contributed by atoms with Crippen LogP contribution in [0.2, 0.25) is 0 Å². The first-order chi connectivity index (χ1) is 13.2. The molecule has 0 spiro atoms. The summed E-state index contributed by atoms with van der Waals surface area (Å²) < 4.78 is 28.6. The van der Waals surface area contributed by atoms with Crippen molar-refractivity contribution in [3.8, 4) is 0 Å². The average molecular weight is 410 g/mol. The Morgan fingerprint density at radius 1 is 1.29 bits per heavy atom. The Bertz CT molecular complexity index is 837. The minimum Gasteiger partial charge on any atom is -0.452 e. The second-order valence-corrected chi connectivity index (χ2v) is 9.06. The van der Waals surface area contributed by atoms with Crippen molar-refractivity contribution in [2.24, 2.45) is 0 Å². The van der Waals surface area contributed by atoms with Crippen LogP contribution < -0.4 is 5.32 Å². The number of hydrogen-bond donors (Lipinski definition) is 1. The molecule has 0 aliphatic carbocycles. The minimum absolute atomic E-state index is 0.0465. The Morgan fingerprint density at radius 3 is 2.64 bits per heavy atom. The number of benzene rings is 1. The molecule has 1 aromatic rings. The standard InChI is InChI=1S/C19H26N2O6S/c1-3-4-9-21(17-8-10-28(25,26)13-17)18(23)12-27-19(24)15-6-5-7-16(11-15)20-14(2)22/h5-7,11,17H,3-4,8-10,12-13H2,1-2H3,(H,20,22)/t17-/m0/s1. The number of unbranched alkanes of at least 4 members (excludes halogenated alkanes) is 1. The maximum atomic E-state index is 12.6. The Morgan fingerprint density at radius 2 is 2.04 bits per heavy atom. The zero-order valence-electron chi connectivity index (χ0n) is 16.1. The quantitative estimate of drug-likeness (QED) is 0.652. The van der Waals surface area contributed by atoms with Gasteiger partial charge in [0.05, 0.1) is 17.1 Å². The molecule has 1 N–H and O–H groups in total. The van der Waals surface area contributed by atoms with Crippen molar-refractivity contribution >= 4 is 33.3 Å². The maximum Gasteiger partial charge on any atom is 0.338 e. The van der Waals surface area contributed by atoms with Crippen LogP contribution in [-0.4, -0.2) is 61.8 Å². The van der Waals surface area contributed by atoms with E-state index in [1.54, 1.807) is 12.1 Å². The van der Waals surface area contributed by atoms with Gasteiger partial charge in [0.1, 0.15) is 0 Å². The Kier molecular flexibility index (Phi) is 7.56. The van der Waals surface area contributed by atoms with E-state index in [-0.39, 0.29) is 29.0 Å². The third-order valence-electron chi connectivity index (χ3n) is 4.47. The lowest BCUT2D eigenvalue weighted by Gasteiger charge is -2.28. The van der Waals surface area contributed by atoms with Crippen LogP contribution in [0.1, 0.15) is 43.5 Å². The summed E-state index contributed by atoms with van der Waals surface area (Å²) in [6, 6.07) is 5.85. The Labute approximate surface area is 165 Å². The fraction of sp³-hybridized carbons (Fsp3) is 0.526. The number of hydrogen-bond acceptors (Lipinski definition) is 6.